The topological polar surface area (TPSA) is 21.3 Å². The van der Waals surface area contributed by atoms with Crippen LogP contribution in [0, 0.1) is 0 Å². The molecule has 0 unspecified atom stereocenters. The first-order valence-corrected chi connectivity index (χ1v) is 8.46. The average Bonchev–Trinajstić information content (AvgIpc) is 2.78. The van der Waals surface area contributed by atoms with Gasteiger partial charge in [-0.3, -0.25) is 0 Å². The average molecular weight is 426 g/mol. The molecule has 0 aliphatic carbocycles. The summed E-state index contributed by atoms with van der Waals surface area (Å²) in [5.41, 5.74) is 0. The second kappa shape index (κ2) is 7.64. The van der Waals surface area contributed by atoms with Gasteiger partial charge in [0.15, 0.2) is 0 Å². The fraction of sp³-hybridized carbons (Fsp3) is 0.231. The van der Waals surface area contributed by atoms with Crippen LogP contribution < -0.4 is 10.1 Å². The van der Waals surface area contributed by atoms with E-state index >= 15 is 0 Å². The van der Waals surface area contributed by atoms with E-state index in [1.165, 1.54) is 4.88 Å². The Hall–Kier alpha value is -0.0700. The van der Waals surface area contributed by atoms with E-state index in [2.05, 4.69) is 37.2 Å². The molecule has 0 radical (unpaired) electrons. The maximum Gasteiger partial charge on any atom is 0.147 e. The highest BCUT2D eigenvalue weighted by molar-refractivity contribution is 9.11. The lowest BCUT2D eigenvalue weighted by molar-refractivity contribution is 0.310. The standard InChI is InChI=1S/C13H12Br2ClNOS/c14-10-2-1-3-11(15)13(10)18-7-6-17-8-9-4-5-12(16)19-9/h1-5,17H,6-8H2. The Bertz CT molecular complexity index is 527. The summed E-state index contributed by atoms with van der Waals surface area (Å²) in [6.45, 7) is 2.21. The van der Waals surface area contributed by atoms with E-state index < -0.39 is 0 Å². The third-order valence-electron chi connectivity index (χ3n) is 2.37. The molecule has 0 aliphatic rings. The minimum absolute atomic E-state index is 0.611. The van der Waals surface area contributed by atoms with E-state index in [1.54, 1.807) is 11.3 Å². The van der Waals surface area contributed by atoms with Crippen molar-refractivity contribution >= 4 is 54.8 Å². The van der Waals surface area contributed by atoms with Crippen LogP contribution in [0.1, 0.15) is 4.88 Å². The van der Waals surface area contributed by atoms with Crippen molar-refractivity contribution in [1.29, 1.82) is 0 Å². The first kappa shape index (κ1) is 15.3. The number of benzene rings is 1. The smallest absolute Gasteiger partial charge is 0.147 e. The zero-order valence-corrected chi connectivity index (χ0v) is 14.7. The van der Waals surface area contributed by atoms with Gasteiger partial charge >= 0.3 is 0 Å². The number of halogens is 3. The lowest BCUT2D eigenvalue weighted by atomic mass is 10.3. The predicted molar refractivity (Wildman–Crippen MR) is 88.4 cm³/mol. The van der Waals surface area contributed by atoms with Crippen molar-refractivity contribution in [3.05, 3.63) is 48.5 Å². The van der Waals surface area contributed by atoms with Gasteiger partial charge in [0.05, 0.1) is 13.3 Å². The van der Waals surface area contributed by atoms with E-state index in [9.17, 15) is 0 Å². The molecular formula is C13H12Br2ClNOS. The molecule has 1 N–H and O–H groups in total. The summed E-state index contributed by atoms with van der Waals surface area (Å²) >= 11 is 14.4. The molecule has 0 aliphatic heterocycles. The molecule has 0 bridgehead atoms. The van der Waals surface area contributed by atoms with Gasteiger partial charge in [-0.05, 0) is 56.1 Å². The first-order chi connectivity index (χ1) is 9.16. The van der Waals surface area contributed by atoms with Gasteiger partial charge in [-0.25, -0.2) is 0 Å². The SMILES string of the molecule is Clc1ccc(CNCCOc2c(Br)cccc2Br)s1. The molecule has 1 heterocycles. The molecule has 19 heavy (non-hydrogen) atoms. The van der Waals surface area contributed by atoms with Crippen molar-refractivity contribution in [3.8, 4) is 5.75 Å². The quantitative estimate of drug-likeness (QED) is 0.651. The zero-order chi connectivity index (χ0) is 13.7. The molecule has 0 saturated heterocycles. The molecule has 1 aromatic carbocycles. The maximum atomic E-state index is 5.87. The Labute approximate surface area is 138 Å². The number of para-hydroxylation sites is 1. The van der Waals surface area contributed by atoms with Crippen molar-refractivity contribution in [2.24, 2.45) is 0 Å². The van der Waals surface area contributed by atoms with Crippen LogP contribution in [0.25, 0.3) is 0 Å². The number of thiophene rings is 1. The summed E-state index contributed by atoms with van der Waals surface area (Å²) in [6.07, 6.45) is 0. The predicted octanol–water partition coefficient (Wildman–Crippen LogP) is 5.10. The molecule has 2 nitrogen and oxygen atoms in total. The van der Waals surface area contributed by atoms with Crippen molar-refractivity contribution in [2.45, 2.75) is 6.54 Å². The molecule has 2 rings (SSSR count). The molecule has 0 spiro atoms. The van der Waals surface area contributed by atoms with Crippen LogP contribution in [0.5, 0.6) is 5.75 Å². The van der Waals surface area contributed by atoms with Gasteiger partial charge in [-0.2, -0.15) is 0 Å². The lowest BCUT2D eigenvalue weighted by Gasteiger charge is -2.10. The Balaban J connectivity index is 1.72. The van der Waals surface area contributed by atoms with E-state index in [0.717, 1.165) is 32.1 Å². The van der Waals surface area contributed by atoms with Crippen molar-refractivity contribution in [1.82, 2.24) is 5.32 Å². The third kappa shape index (κ3) is 4.76. The number of hydrogen-bond acceptors (Lipinski definition) is 3. The molecule has 2 aromatic rings. The second-order valence-corrected chi connectivity index (χ2v) is 7.29. The van der Waals surface area contributed by atoms with Gasteiger partial charge in [0.25, 0.3) is 0 Å². The molecule has 1 aromatic heterocycles. The lowest BCUT2D eigenvalue weighted by Crippen LogP contribution is -2.20. The molecule has 0 fully saturated rings. The summed E-state index contributed by atoms with van der Waals surface area (Å²) in [5.74, 6) is 0.837. The van der Waals surface area contributed by atoms with Crippen LogP contribution in [0.15, 0.2) is 39.3 Å². The van der Waals surface area contributed by atoms with Crippen molar-refractivity contribution < 1.29 is 4.74 Å². The third-order valence-corrected chi connectivity index (χ3v) is 4.85. The van der Waals surface area contributed by atoms with Gasteiger partial charge < -0.3 is 10.1 Å². The minimum Gasteiger partial charge on any atom is -0.490 e. The highest BCUT2D eigenvalue weighted by Crippen LogP contribution is 2.32. The molecule has 6 heteroatoms. The Morgan fingerprint density at radius 2 is 1.89 bits per heavy atom. The van der Waals surface area contributed by atoms with Crippen LogP contribution in [0.2, 0.25) is 4.34 Å². The summed E-state index contributed by atoms with van der Waals surface area (Å²) < 4.78 is 8.46. The Morgan fingerprint density at radius 1 is 1.16 bits per heavy atom. The normalized spacial score (nSPS) is 10.7. The highest BCUT2D eigenvalue weighted by Gasteiger charge is 2.05. The van der Waals surface area contributed by atoms with E-state index in [1.807, 2.05) is 30.3 Å². The molecular weight excluding hydrogens is 413 g/mol. The van der Waals surface area contributed by atoms with Crippen LogP contribution in [0.3, 0.4) is 0 Å². The fourth-order valence-corrected chi connectivity index (χ4v) is 3.79. The van der Waals surface area contributed by atoms with E-state index in [-0.39, 0.29) is 0 Å². The fourth-order valence-electron chi connectivity index (χ4n) is 1.50. The van der Waals surface area contributed by atoms with Gasteiger partial charge in [0, 0.05) is 18.0 Å². The highest BCUT2D eigenvalue weighted by atomic mass is 79.9. The largest absolute Gasteiger partial charge is 0.490 e. The summed E-state index contributed by atoms with van der Waals surface area (Å²) in [6, 6.07) is 9.82. The van der Waals surface area contributed by atoms with Gasteiger partial charge in [-0.15, -0.1) is 11.3 Å². The minimum atomic E-state index is 0.611. The van der Waals surface area contributed by atoms with Crippen molar-refractivity contribution in [3.63, 3.8) is 0 Å². The number of rotatable bonds is 6. The molecule has 0 saturated carbocycles. The summed E-state index contributed by atoms with van der Waals surface area (Å²) in [5, 5.41) is 3.32. The first-order valence-electron chi connectivity index (χ1n) is 5.68. The second-order valence-electron chi connectivity index (χ2n) is 3.78. The Kier molecular flexibility index (Phi) is 6.16. The van der Waals surface area contributed by atoms with Crippen LogP contribution in [-0.2, 0) is 6.54 Å². The maximum absolute atomic E-state index is 5.87. The number of ether oxygens (including phenoxy) is 1. The molecule has 0 atom stereocenters. The van der Waals surface area contributed by atoms with E-state index in [0.29, 0.717) is 6.61 Å². The Morgan fingerprint density at radius 3 is 2.53 bits per heavy atom. The zero-order valence-electron chi connectivity index (χ0n) is 9.96. The monoisotopic (exact) mass is 423 g/mol. The number of hydrogen-bond donors (Lipinski definition) is 1. The molecule has 102 valence electrons. The number of nitrogens with one attached hydrogen (secondary N) is 1. The van der Waals surface area contributed by atoms with Crippen LogP contribution in [-0.4, -0.2) is 13.2 Å². The van der Waals surface area contributed by atoms with Gasteiger partial charge in [0.2, 0.25) is 0 Å². The summed E-state index contributed by atoms with van der Waals surface area (Å²) in [7, 11) is 0. The summed E-state index contributed by atoms with van der Waals surface area (Å²) in [4.78, 5) is 1.23. The van der Waals surface area contributed by atoms with Gasteiger partial charge in [0.1, 0.15) is 12.4 Å². The molecule has 0 amide bonds. The van der Waals surface area contributed by atoms with Crippen molar-refractivity contribution in [2.75, 3.05) is 13.2 Å². The van der Waals surface area contributed by atoms with Crippen LogP contribution >= 0.6 is 54.8 Å². The van der Waals surface area contributed by atoms with Crippen LogP contribution in [0.4, 0.5) is 0 Å². The van der Waals surface area contributed by atoms with E-state index in [4.69, 9.17) is 16.3 Å². The van der Waals surface area contributed by atoms with Gasteiger partial charge in [-0.1, -0.05) is 17.7 Å².